The molecule has 0 aromatic heterocycles. The highest BCUT2D eigenvalue weighted by Gasteiger charge is 2.19. The van der Waals surface area contributed by atoms with Crippen LogP contribution < -0.4 is 10.5 Å². The van der Waals surface area contributed by atoms with Crippen molar-refractivity contribution in [3.8, 4) is 11.5 Å². The minimum absolute atomic E-state index is 0.143. The Balaban J connectivity index is 2.56. The molecule has 0 spiro atoms. The van der Waals surface area contributed by atoms with Crippen molar-refractivity contribution >= 4 is 11.7 Å². The van der Waals surface area contributed by atoms with Gasteiger partial charge < -0.3 is 15.6 Å². The molecule has 2 aromatic rings. The first-order valence-electron chi connectivity index (χ1n) is 5.65. The normalized spacial score (nSPS) is 10.3. The first kappa shape index (κ1) is 13.8. The molecule has 0 fully saturated rings. The molecular weight excluding hydrogens is 268 g/mol. The Hall–Kier alpha value is -2.63. The third kappa shape index (κ3) is 2.54. The van der Waals surface area contributed by atoms with Crippen LogP contribution in [0.2, 0.25) is 0 Å². The van der Waals surface area contributed by atoms with Crippen LogP contribution in [0.4, 0.5) is 14.5 Å². The van der Waals surface area contributed by atoms with Gasteiger partial charge in [0.15, 0.2) is 17.4 Å². The SMILES string of the molecule is Cc1cc(N)cc(C(=O)O)c1Oc1c(F)cccc1F. The summed E-state index contributed by atoms with van der Waals surface area (Å²) in [5.41, 5.74) is 5.88. The minimum Gasteiger partial charge on any atom is -0.478 e. The molecule has 0 aliphatic carbocycles. The number of aromatic carboxylic acids is 1. The van der Waals surface area contributed by atoms with E-state index in [1.807, 2.05) is 0 Å². The van der Waals surface area contributed by atoms with E-state index in [1.54, 1.807) is 0 Å². The van der Waals surface area contributed by atoms with Gasteiger partial charge in [0.1, 0.15) is 11.3 Å². The van der Waals surface area contributed by atoms with Gasteiger partial charge in [-0.05, 0) is 36.8 Å². The molecule has 0 bridgehead atoms. The number of benzene rings is 2. The molecule has 0 heterocycles. The lowest BCUT2D eigenvalue weighted by Gasteiger charge is -2.13. The molecule has 0 radical (unpaired) electrons. The molecule has 6 heteroatoms. The number of carboxylic acid groups (broad SMARTS) is 1. The lowest BCUT2D eigenvalue weighted by atomic mass is 10.1. The van der Waals surface area contributed by atoms with E-state index in [-0.39, 0.29) is 17.0 Å². The van der Waals surface area contributed by atoms with Gasteiger partial charge in [0.2, 0.25) is 0 Å². The number of carbonyl (C=O) groups is 1. The summed E-state index contributed by atoms with van der Waals surface area (Å²) >= 11 is 0. The summed E-state index contributed by atoms with van der Waals surface area (Å²) in [6.07, 6.45) is 0. The maximum atomic E-state index is 13.5. The Kier molecular flexibility index (Phi) is 3.56. The second-order valence-corrected chi connectivity index (χ2v) is 4.17. The fraction of sp³-hybridized carbons (Fsp3) is 0.0714. The van der Waals surface area contributed by atoms with Crippen LogP contribution in [0.5, 0.6) is 11.5 Å². The van der Waals surface area contributed by atoms with E-state index >= 15 is 0 Å². The van der Waals surface area contributed by atoms with Crippen molar-refractivity contribution in [2.24, 2.45) is 0 Å². The second-order valence-electron chi connectivity index (χ2n) is 4.17. The highest BCUT2D eigenvalue weighted by molar-refractivity contribution is 5.92. The van der Waals surface area contributed by atoms with Gasteiger partial charge >= 0.3 is 5.97 Å². The molecular formula is C14H11F2NO3. The van der Waals surface area contributed by atoms with Crippen LogP contribution in [0.3, 0.4) is 0 Å². The van der Waals surface area contributed by atoms with Gasteiger partial charge in [-0.2, -0.15) is 0 Å². The van der Waals surface area contributed by atoms with Crippen molar-refractivity contribution in [2.75, 3.05) is 5.73 Å². The summed E-state index contributed by atoms with van der Waals surface area (Å²) in [5, 5.41) is 9.11. The van der Waals surface area contributed by atoms with Crippen LogP contribution in [0.1, 0.15) is 15.9 Å². The standard InChI is InChI=1S/C14H11F2NO3/c1-7-5-8(17)6-9(14(18)19)12(7)20-13-10(15)3-2-4-11(13)16/h2-6H,17H2,1H3,(H,18,19). The van der Waals surface area contributed by atoms with E-state index in [1.165, 1.54) is 25.1 Å². The molecule has 0 aliphatic heterocycles. The second kappa shape index (κ2) is 5.16. The number of nitrogen functional groups attached to an aromatic ring is 1. The fourth-order valence-electron chi connectivity index (χ4n) is 1.78. The zero-order chi connectivity index (χ0) is 14.9. The summed E-state index contributed by atoms with van der Waals surface area (Å²) < 4.78 is 32.2. The average molecular weight is 279 g/mol. The molecule has 20 heavy (non-hydrogen) atoms. The lowest BCUT2D eigenvalue weighted by Crippen LogP contribution is -2.05. The predicted molar refractivity (Wildman–Crippen MR) is 69.0 cm³/mol. The van der Waals surface area contributed by atoms with Gasteiger partial charge in [0.05, 0.1) is 0 Å². The van der Waals surface area contributed by atoms with Gasteiger partial charge in [-0.15, -0.1) is 0 Å². The highest BCUT2D eigenvalue weighted by Crippen LogP contribution is 2.33. The Morgan fingerprint density at radius 1 is 1.20 bits per heavy atom. The van der Waals surface area contributed by atoms with Crippen LogP contribution >= 0.6 is 0 Å². The zero-order valence-electron chi connectivity index (χ0n) is 10.5. The summed E-state index contributed by atoms with van der Waals surface area (Å²) in [4.78, 5) is 11.2. The van der Waals surface area contributed by atoms with Crippen molar-refractivity contribution in [3.05, 3.63) is 53.1 Å². The van der Waals surface area contributed by atoms with E-state index in [9.17, 15) is 13.6 Å². The number of aryl methyl sites for hydroxylation is 1. The Morgan fingerprint density at radius 2 is 1.80 bits per heavy atom. The van der Waals surface area contributed by atoms with E-state index in [0.717, 1.165) is 12.1 Å². The maximum Gasteiger partial charge on any atom is 0.339 e. The lowest BCUT2D eigenvalue weighted by molar-refractivity contribution is 0.0693. The van der Waals surface area contributed by atoms with Crippen LogP contribution in [0.25, 0.3) is 0 Å². The van der Waals surface area contributed by atoms with Gasteiger partial charge in [-0.25, -0.2) is 13.6 Å². The Labute approximate surface area is 113 Å². The summed E-state index contributed by atoms with van der Waals surface area (Å²) in [6.45, 7) is 1.54. The smallest absolute Gasteiger partial charge is 0.339 e. The van der Waals surface area contributed by atoms with Crippen molar-refractivity contribution in [1.82, 2.24) is 0 Å². The number of hydrogen-bond acceptors (Lipinski definition) is 3. The van der Waals surface area contributed by atoms with Crippen LogP contribution in [0.15, 0.2) is 30.3 Å². The van der Waals surface area contributed by atoms with E-state index in [2.05, 4.69) is 0 Å². The largest absolute Gasteiger partial charge is 0.478 e. The molecule has 3 N–H and O–H groups in total. The third-order valence-corrected chi connectivity index (χ3v) is 2.65. The maximum absolute atomic E-state index is 13.5. The first-order valence-corrected chi connectivity index (χ1v) is 5.65. The highest BCUT2D eigenvalue weighted by atomic mass is 19.1. The van der Waals surface area contributed by atoms with E-state index < -0.39 is 23.4 Å². The van der Waals surface area contributed by atoms with Crippen molar-refractivity contribution < 1.29 is 23.4 Å². The summed E-state index contributed by atoms with van der Waals surface area (Å²) in [6, 6.07) is 5.85. The predicted octanol–water partition coefficient (Wildman–Crippen LogP) is 3.35. The van der Waals surface area contributed by atoms with Crippen molar-refractivity contribution in [3.63, 3.8) is 0 Å². The molecule has 104 valence electrons. The van der Waals surface area contributed by atoms with E-state index in [0.29, 0.717) is 5.56 Å². The molecule has 2 aromatic carbocycles. The number of para-hydroxylation sites is 1. The van der Waals surface area contributed by atoms with Crippen LogP contribution in [0, 0.1) is 18.6 Å². The van der Waals surface area contributed by atoms with E-state index in [4.69, 9.17) is 15.6 Å². The van der Waals surface area contributed by atoms with Crippen molar-refractivity contribution in [2.45, 2.75) is 6.92 Å². The van der Waals surface area contributed by atoms with Crippen molar-refractivity contribution in [1.29, 1.82) is 0 Å². The topological polar surface area (TPSA) is 72.6 Å². The molecule has 0 saturated heterocycles. The summed E-state index contributed by atoms with van der Waals surface area (Å²) in [7, 11) is 0. The van der Waals surface area contributed by atoms with Gasteiger partial charge in [-0.3, -0.25) is 0 Å². The molecule has 0 amide bonds. The monoisotopic (exact) mass is 279 g/mol. The number of hydrogen-bond donors (Lipinski definition) is 2. The molecule has 4 nitrogen and oxygen atoms in total. The van der Waals surface area contributed by atoms with Gasteiger partial charge in [0.25, 0.3) is 0 Å². The zero-order valence-corrected chi connectivity index (χ0v) is 10.5. The fourth-order valence-corrected chi connectivity index (χ4v) is 1.78. The van der Waals surface area contributed by atoms with Crippen LogP contribution in [-0.4, -0.2) is 11.1 Å². The molecule has 0 aliphatic rings. The quantitative estimate of drug-likeness (QED) is 0.845. The number of rotatable bonds is 3. The Morgan fingerprint density at radius 3 is 2.35 bits per heavy atom. The van der Waals surface area contributed by atoms with Gasteiger partial charge in [-0.1, -0.05) is 6.07 Å². The minimum atomic E-state index is -1.30. The van der Waals surface area contributed by atoms with Crippen LogP contribution in [-0.2, 0) is 0 Å². The summed E-state index contributed by atoms with van der Waals surface area (Å²) in [5.74, 6) is -3.93. The third-order valence-electron chi connectivity index (χ3n) is 2.65. The Bertz CT molecular complexity index is 666. The molecule has 0 unspecified atom stereocenters. The number of halogens is 2. The molecule has 2 rings (SSSR count). The number of carboxylic acids is 1. The molecule has 0 atom stereocenters. The number of anilines is 1. The number of nitrogens with two attached hydrogens (primary N) is 1. The number of ether oxygens (including phenoxy) is 1. The first-order chi connectivity index (χ1) is 9.40. The average Bonchev–Trinajstić information content (AvgIpc) is 2.35. The van der Waals surface area contributed by atoms with Gasteiger partial charge in [0, 0.05) is 5.69 Å². The molecule has 0 saturated carbocycles.